The summed E-state index contributed by atoms with van der Waals surface area (Å²) in [4.78, 5) is -0.0945. The quantitative estimate of drug-likeness (QED) is 0.808. The highest BCUT2D eigenvalue weighted by Crippen LogP contribution is 2.22. The third-order valence-electron chi connectivity index (χ3n) is 2.69. The predicted octanol–water partition coefficient (Wildman–Crippen LogP) is 2.18. The van der Waals surface area contributed by atoms with Crippen LogP contribution in [0.3, 0.4) is 0 Å². The second-order valence-corrected chi connectivity index (χ2v) is 6.12. The summed E-state index contributed by atoms with van der Waals surface area (Å²) in [7, 11) is -3.73. The Balaban J connectivity index is 3.13. The summed E-state index contributed by atoms with van der Waals surface area (Å²) >= 11 is 0. The smallest absolute Gasteiger partial charge is 0.241 e. The zero-order valence-corrected chi connectivity index (χ0v) is 11.6. The van der Waals surface area contributed by atoms with Gasteiger partial charge in [0.05, 0.1) is 4.90 Å². The fraction of sp³-hybridized carbons (Fsp3) is 0.500. The maximum atomic E-state index is 13.5. The fourth-order valence-electron chi connectivity index (χ4n) is 1.77. The van der Waals surface area contributed by atoms with E-state index in [1.807, 2.05) is 6.92 Å². The van der Waals surface area contributed by atoms with Gasteiger partial charge in [-0.15, -0.1) is 0 Å². The molecule has 1 atom stereocenters. The number of halogens is 1. The van der Waals surface area contributed by atoms with E-state index in [0.717, 1.165) is 18.9 Å². The molecule has 0 fully saturated rings. The van der Waals surface area contributed by atoms with Crippen LogP contribution in [-0.2, 0) is 10.0 Å². The number of nitrogens with two attached hydrogens (primary N) is 1. The normalized spacial score (nSPS) is 13.6. The van der Waals surface area contributed by atoms with E-state index in [2.05, 4.69) is 4.72 Å². The van der Waals surface area contributed by atoms with Crippen molar-refractivity contribution in [3.05, 3.63) is 23.5 Å². The van der Waals surface area contributed by atoms with Crippen LogP contribution in [0, 0.1) is 12.7 Å². The Bertz CT molecular complexity index is 529. The number of nitrogens with one attached hydrogen (secondary N) is 1. The van der Waals surface area contributed by atoms with Gasteiger partial charge in [-0.05, 0) is 32.4 Å². The molecule has 0 heterocycles. The number of anilines is 1. The van der Waals surface area contributed by atoms with Crippen molar-refractivity contribution in [1.82, 2.24) is 4.72 Å². The van der Waals surface area contributed by atoms with Crippen LogP contribution >= 0.6 is 0 Å². The largest absolute Gasteiger partial charge is 0.399 e. The van der Waals surface area contributed by atoms with E-state index < -0.39 is 15.8 Å². The number of nitrogen functional groups attached to an aromatic ring is 1. The van der Waals surface area contributed by atoms with Gasteiger partial charge in [-0.3, -0.25) is 0 Å². The molecular formula is C12H19FN2O2S. The van der Waals surface area contributed by atoms with Crippen molar-refractivity contribution < 1.29 is 12.8 Å². The number of rotatable bonds is 5. The van der Waals surface area contributed by atoms with Crippen LogP contribution in [0.2, 0.25) is 0 Å². The van der Waals surface area contributed by atoms with Gasteiger partial charge in [0.25, 0.3) is 0 Å². The number of hydrogen-bond donors (Lipinski definition) is 2. The maximum absolute atomic E-state index is 13.5. The summed E-state index contributed by atoms with van der Waals surface area (Å²) in [5.74, 6) is -0.612. The summed E-state index contributed by atoms with van der Waals surface area (Å²) < 4.78 is 40.2. The number of benzene rings is 1. The van der Waals surface area contributed by atoms with Gasteiger partial charge in [-0.25, -0.2) is 17.5 Å². The Hall–Kier alpha value is -1.14. The number of sulfonamides is 1. The van der Waals surface area contributed by atoms with E-state index in [4.69, 9.17) is 5.73 Å². The molecule has 0 spiro atoms. The predicted molar refractivity (Wildman–Crippen MR) is 70.2 cm³/mol. The summed E-state index contributed by atoms with van der Waals surface area (Å²) in [5.41, 5.74) is 5.66. The van der Waals surface area contributed by atoms with E-state index in [-0.39, 0.29) is 22.2 Å². The van der Waals surface area contributed by atoms with Crippen molar-refractivity contribution in [2.45, 2.75) is 44.6 Å². The zero-order chi connectivity index (χ0) is 13.9. The van der Waals surface area contributed by atoms with Crippen molar-refractivity contribution in [3.63, 3.8) is 0 Å². The Morgan fingerprint density at radius 1 is 1.44 bits per heavy atom. The lowest BCUT2D eigenvalue weighted by atomic mass is 10.2. The average Bonchev–Trinajstić information content (AvgIpc) is 2.22. The third-order valence-corrected chi connectivity index (χ3v) is 4.40. The van der Waals surface area contributed by atoms with Crippen LogP contribution < -0.4 is 10.5 Å². The molecule has 0 radical (unpaired) electrons. The molecule has 18 heavy (non-hydrogen) atoms. The third kappa shape index (κ3) is 3.43. The van der Waals surface area contributed by atoms with Gasteiger partial charge in [0.1, 0.15) is 5.82 Å². The molecule has 0 saturated carbocycles. The lowest BCUT2D eigenvalue weighted by molar-refractivity contribution is 0.541. The first-order valence-electron chi connectivity index (χ1n) is 5.86. The molecule has 0 saturated heterocycles. The molecule has 0 bridgehead atoms. The summed E-state index contributed by atoms with van der Waals surface area (Å²) in [6, 6.07) is 2.20. The molecule has 0 amide bonds. The SMILES string of the molecule is CCCC(C)NS(=O)(=O)c1cc(N)cc(F)c1C. The Morgan fingerprint density at radius 3 is 2.61 bits per heavy atom. The molecule has 1 unspecified atom stereocenters. The first-order chi connectivity index (χ1) is 8.27. The molecule has 1 aromatic rings. The van der Waals surface area contributed by atoms with Gasteiger partial charge >= 0.3 is 0 Å². The van der Waals surface area contributed by atoms with E-state index in [1.54, 1.807) is 6.92 Å². The average molecular weight is 274 g/mol. The minimum Gasteiger partial charge on any atom is -0.399 e. The molecule has 0 aliphatic rings. The fourth-order valence-corrected chi connectivity index (χ4v) is 3.34. The van der Waals surface area contributed by atoms with Crippen molar-refractivity contribution in [2.24, 2.45) is 0 Å². The molecule has 0 aliphatic carbocycles. The molecular weight excluding hydrogens is 255 g/mol. The van der Waals surface area contributed by atoms with Gasteiger partial charge in [-0.2, -0.15) is 0 Å². The van der Waals surface area contributed by atoms with Crippen molar-refractivity contribution in [3.8, 4) is 0 Å². The monoisotopic (exact) mass is 274 g/mol. The molecule has 1 rings (SSSR count). The minimum absolute atomic E-state index is 0.0837. The van der Waals surface area contributed by atoms with E-state index >= 15 is 0 Å². The van der Waals surface area contributed by atoms with Crippen LogP contribution in [0.5, 0.6) is 0 Å². The van der Waals surface area contributed by atoms with Gasteiger partial charge < -0.3 is 5.73 Å². The van der Waals surface area contributed by atoms with E-state index in [1.165, 1.54) is 13.0 Å². The molecule has 0 aliphatic heterocycles. The van der Waals surface area contributed by atoms with Gasteiger partial charge in [0.15, 0.2) is 0 Å². The highest BCUT2D eigenvalue weighted by Gasteiger charge is 2.21. The van der Waals surface area contributed by atoms with Gasteiger partial charge in [0, 0.05) is 17.3 Å². The van der Waals surface area contributed by atoms with Crippen molar-refractivity contribution in [1.29, 1.82) is 0 Å². The van der Waals surface area contributed by atoms with Gasteiger partial charge in [0.2, 0.25) is 10.0 Å². The molecule has 4 nitrogen and oxygen atoms in total. The maximum Gasteiger partial charge on any atom is 0.241 e. The molecule has 1 aromatic carbocycles. The first-order valence-corrected chi connectivity index (χ1v) is 7.34. The number of hydrogen-bond acceptors (Lipinski definition) is 3. The molecule has 3 N–H and O–H groups in total. The van der Waals surface area contributed by atoms with E-state index in [0.29, 0.717) is 0 Å². The van der Waals surface area contributed by atoms with Crippen LogP contribution in [-0.4, -0.2) is 14.5 Å². The summed E-state index contributed by atoms with van der Waals surface area (Å²) in [5, 5.41) is 0. The highest BCUT2D eigenvalue weighted by molar-refractivity contribution is 7.89. The lowest BCUT2D eigenvalue weighted by Crippen LogP contribution is -2.33. The van der Waals surface area contributed by atoms with Crippen LogP contribution in [0.15, 0.2) is 17.0 Å². The topological polar surface area (TPSA) is 72.2 Å². The summed E-state index contributed by atoms with van der Waals surface area (Å²) in [6.07, 6.45) is 1.59. The second kappa shape index (κ2) is 5.67. The van der Waals surface area contributed by atoms with Crippen LogP contribution in [0.25, 0.3) is 0 Å². The molecule has 6 heteroatoms. The Kier molecular flexibility index (Phi) is 4.70. The standard InChI is InChI=1S/C12H19FN2O2S/c1-4-5-8(2)15-18(16,17)12-7-10(14)6-11(13)9(12)3/h6-8,15H,4-5,14H2,1-3H3. The highest BCUT2D eigenvalue weighted by atomic mass is 32.2. The summed E-state index contributed by atoms with van der Waals surface area (Å²) in [6.45, 7) is 5.17. The Morgan fingerprint density at radius 2 is 2.06 bits per heavy atom. The molecule has 102 valence electrons. The first kappa shape index (κ1) is 14.9. The van der Waals surface area contributed by atoms with Crippen molar-refractivity contribution >= 4 is 15.7 Å². The lowest BCUT2D eigenvalue weighted by Gasteiger charge is -2.15. The second-order valence-electron chi connectivity index (χ2n) is 4.44. The van der Waals surface area contributed by atoms with Gasteiger partial charge in [-0.1, -0.05) is 13.3 Å². The minimum atomic E-state index is -3.73. The Labute approximate surface area is 107 Å². The van der Waals surface area contributed by atoms with E-state index in [9.17, 15) is 12.8 Å². The molecule has 0 aromatic heterocycles. The van der Waals surface area contributed by atoms with Crippen LogP contribution in [0.4, 0.5) is 10.1 Å². The van der Waals surface area contributed by atoms with Crippen molar-refractivity contribution in [2.75, 3.05) is 5.73 Å². The zero-order valence-electron chi connectivity index (χ0n) is 10.8. The van der Waals surface area contributed by atoms with Crippen LogP contribution in [0.1, 0.15) is 32.3 Å².